The summed E-state index contributed by atoms with van der Waals surface area (Å²) in [5, 5.41) is 3.06. The molecule has 1 aromatic heterocycles. The summed E-state index contributed by atoms with van der Waals surface area (Å²) < 4.78 is 9.86. The Kier molecular flexibility index (Phi) is 6.14. The number of carbonyl (C=O) groups is 2. The molecule has 24 heavy (non-hydrogen) atoms. The van der Waals surface area contributed by atoms with Gasteiger partial charge in [-0.2, -0.15) is 0 Å². The van der Waals surface area contributed by atoms with Crippen LogP contribution in [0.1, 0.15) is 16.1 Å². The highest BCUT2D eigenvalue weighted by atomic mass is 35.5. The van der Waals surface area contributed by atoms with Crippen molar-refractivity contribution in [2.24, 2.45) is 0 Å². The number of esters is 1. The molecule has 0 unspecified atom stereocenters. The smallest absolute Gasteiger partial charge is 0.328 e. The molecule has 2 aromatic rings. The number of nitrogens with one attached hydrogen (secondary N) is 1. The highest BCUT2D eigenvalue weighted by molar-refractivity contribution is 6.32. The number of methoxy groups -OCH3 is 2. The first-order valence-corrected chi connectivity index (χ1v) is 7.55. The predicted octanol–water partition coefficient (Wildman–Crippen LogP) is 2.26. The average Bonchev–Trinajstić information content (AvgIpc) is 2.61. The second-order valence-electron chi connectivity index (χ2n) is 4.94. The van der Waals surface area contributed by atoms with E-state index in [2.05, 4.69) is 10.3 Å². The second-order valence-corrected chi connectivity index (χ2v) is 5.34. The molecule has 1 amide bonds. The lowest BCUT2D eigenvalue weighted by molar-refractivity contribution is -0.142. The maximum absolute atomic E-state index is 12.2. The van der Waals surface area contributed by atoms with Crippen LogP contribution in [-0.4, -0.2) is 37.1 Å². The third kappa shape index (κ3) is 4.45. The molecule has 6 nitrogen and oxygen atoms in total. The van der Waals surface area contributed by atoms with Crippen LogP contribution in [0.5, 0.6) is 5.75 Å². The van der Waals surface area contributed by atoms with Crippen molar-refractivity contribution in [3.63, 3.8) is 0 Å². The van der Waals surface area contributed by atoms with E-state index in [1.807, 2.05) is 0 Å². The fourth-order valence-electron chi connectivity index (χ4n) is 2.14. The number of benzene rings is 1. The van der Waals surface area contributed by atoms with Crippen molar-refractivity contribution in [2.75, 3.05) is 14.2 Å². The molecular formula is C17H17ClN2O4. The maximum atomic E-state index is 12.2. The summed E-state index contributed by atoms with van der Waals surface area (Å²) in [6.07, 6.45) is 1.74. The number of nitrogens with zero attached hydrogens (tertiary/aromatic N) is 1. The molecule has 0 fully saturated rings. The number of pyridine rings is 1. The van der Waals surface area contributed by atoms with Crippen molar-refractivity contribution >= 4 is 23.5 Å². The van der Waals surface area contributed by atoms with Crippen LogP contribution >= 0.6 is 11.6 Å². The number of hydrogen-bond donors (Lipinski definition) is 1. The topological polar surface area (TPSA) is 77.5 Å². The number of aromatic nitrogens is 1. The van der Waals surface area contributed by atoms with Crippen LogP contribution in [0.15, 0.2) is 42.6 Å². The SMILES string of the molecule is COC(=O)[C@H](Cc1ccc(OC)c(Cl)c1)NC(=O)c1ccccn1. The monoisotopic (exact) mass is 348 g/mol. The normalized spacial score (nSPS) is 11.5. The third-order valence-corrected chi connectivity index (χ3v) is 3.64. The Morgan fingerprint density at radius 3 is 2.62 bits per heavy atom. The van der Waals surface area contributed by atoms with Crippen molar-refractivity contribution in [2.45, 2.75) is 12.5 Å². The second kappa shape index (κ2) is 8.31. The van der Waals surface area contributed by atoms with Gasteiger partial charge in [0.1, 0.15) is 17.5 Å². The molecule has 0 saturated carbocycles. The van der Waals surface area contributed by atoms with Crippen molar-refractivity contribution in [1.82, 2.24) is 10.3 Å². The minimum absolute atomic E-state index is 0.221. The van der Waals surface area contributed by atoms with Gasteiger partial charge in [0.15, 0.2) is 0 Å². The lowest BCUT2D eigenvalue weighted by atomic mass is 10.1. The lowest BCUT2D eigenvalue weighted by Gasteiger charge is -2.17. The number of amides is 1. The Hall–Kier alpha value is -2.60. The number of carbonyl (C=O) groups excluding carboxylic acids is 2. The van der Waals surface area contributed by atoms with Crippen LogP contribution in [0, 0.1) is 0 Å². The molecular weight excluding hydrogens is 332 g/mol. The molecule has 0 aliphatic rings. The van der Waals surface area contributed by atoms with Gasteiger partial charge in [0.2, 0.25) is 0 Å². The van der Waals surface area contributed by atoms with Gasteiger partial charge >= 0.3 is 5.97 Å². The van der Waals surface area contributed by atoms with Crippen molar-refractivity contribution in [3.8, 4) is 5.75 Å². The molecule has 1 N–H and O–H groups in total. The summed E-state index contributed by atoms with van der Waals surface area (Å²) in [5.74, 6) is -0.468. The van der Waals surface area contributed by atoms with Gasteiger partial charge in [-0.05, 0) is 29.8 Å². The van der Waals surface area contributed by atoms with Gasteiger partial charge in [0, 0.05) is 12.6 Å². The van der Waals surface area contributed by atoms with E-state index in [0.717, 1.165) is 5.56 Å². The predicted molar refractivity (Wildman–Crippen MR) is 89.2 cm³/mol. The van der Waals surface area contributed by atoms with Crippen LogP contribution in [-0.2, 0) is 16.0 Å². The van der Waals surface area contributed by atoms with Crippen molar-refractivity contribution in [3.05, 3.63) is 58.9 Å². The molecule has 0 radical (unpaired) electrons. The number of hydrogen-bond acceptors (Lipinski definition) is 5. The zero-order valence-corrected chi connectivity index (χ0v) is 14.0. The van der Waals surface area contributed by atoms with Crippen LogP contribution < -0.4 is 10.1 Å². The highest BCUT2D eigenvalue weighted by Crippen LogP contribution is 2.25. The van der Waals surface area contributed by atoms with Gasteiger partial charge in [-0.3, -0.25) is 9.78 Å². The van der Waals surface area contributed by atoms with Gasteiger partial charge in [-0.25, -0.2) is 4.79 Å². The van der Waals surface area contributed by atoms with Crippen molar-refractivity contribution < 1.29 is 19.1 Å². The van der Waals surface area contributed by atoms with Crippen molar-refractivity contribution in [1.29, 1.82) is 0 Å². The lowest BCUT2D eigenvalue weighted by Crippen LogP contribution is -2.43. The minimum Gasteiger partial charge on any atom is -0.495 e. The summed E-state index contributed by atoms with van der Waals surface area (Å²) in [4.78, 5) is 28.1. The first kappa shape index (κ1) is 17.7. The number of ether oxygens (including phenoxy) is 2. The molecule has 1 aromatic carbocycles. The Morgan fingerprint density at radius 2 is 2.04 bits per heavy atom. The fraction of sp³-hybridized carbons (Fsp3) is 0.235. The molecule has 0 spiro atoms. The summed E-state index contributed by atoms with van der Waals surface area (Å²) in [5.41, 5.74) is 0.983. The van der Waals surface area contributed by atoms with E-state index in [4.69, 9.17) is 21.1 Å². The molecule has 0 bridgehead atoms. The first-order valence-electron chi connectivity index (χ1n) is 7.17. The van der Waals surface area contributed by atoms with Gasteiger partial charge < -0.3 is 14.8 Å². The maximum Gasteiger partial charge on any atom is 0.328 e. The zero-order chi connectivity index (χ0) is 17.5. The number of rotatable bonds is 6. The summed E-state index contributed by atoms with van der Waals surface area (Å²) in [6, 6.07) is 9.26. The van der Waals surface area contributed by atoms with E-state index in [9.17, 15) is 9.59 Å². The third-order valence-electron chi connectivity index (χ3n) is 3.34. The van der Waals surface area contributed by atoms with E-state index in [1.54, 1.807) is 36.4 Å². The quantitative estimate of drug-likeness (QED) is 0.810. The molecule has 1 atom stereocenters. The van der Waals surface area contributed by atoms with Gasteiger partial charge in [0.05, 0.1) is 19.2 Å². The van der Waals surface area contributed by atoms with Crippen LogP contribution in [0.4, 0.5) is 0 Å². The number of halogens is 1. The van der Waals surface area contributed by atoms with E-state index >= 15 is 0 Å². The molecule has 0 saturated heterocycles. The first-order chi connectivity index (χ1) is 11.5. The van der Waals surface area contributed by atoms with Gasteiger partial charge in [-0.1, -0.05) is 23.7 Å². The van der Waals surface area contributed by atoms with E-state index in [0.29, 0.717) is 10.8 Å². The minimum atomic E-state index is -0.853. The fourth-order valence-corrected chi connectivity index (χ4v) is 2.42. The van der Waals surface area contributed by atoms with Crippen LogP contribution in [0.2, 0.25) is 5.02 Å². The Morgan fingerprint density at radius 1 is 1.25 bits per heavy atom. The van der Waals surface area contributed by atoms with Gasteiger partial charge in [0.25, 0.3) is 5.91 Å². The highest BCUT2D eigenvalue weighted by Gasteiger charge is 2.23. The molecule has 0 aliphatic heterocycles. The molecule has 7 heteroatoms. The van der Waals surface area contributed by atoms with Crippen LogP contribution in [0.25, 0.3) is 0 Å². The average molecular weight is 349 g/mol. The van der Waals surface area contributed by atoms with Crippen LogP contribution in [0.3, 0.4) is 0 Å². The largest absolute Gasteiger partial charge is 0.495 e. The molecule has 2 rings (SSSR count). The standard InChI is InChI=1S/C17H17ClN2O4/c1-23-15-7-6-11(9-12(15)18)10-14(17(22)24-2)20-16(21)13-5-3-4-8-19-13/h3-9,14H,10H2,1-2H3,(H,20,21)/t14-/m0/s1. The van der Waals surface area contributed by atoms with Gasteiger partial charge in [-0.15, -0.1) is 0 Å². The van der Waals surface area contributed by atoms with E-state index < -0.39 is 17.9 Å². The van der Waals surface area contributed by atoms with E-state index in [1.165, 1.54) is 20.4 Å². The molecule has 0 aliphatic carbocycles. The Balaban J connectivity index is 2.15. The Bertz CT molecular complexity index is 722. The summed E-state index contributed by atoms with van der Waals surface area (Å²) >= 11 is 6.09. The summed E-state index contributed by atoms with van der Waals surface area (Å²) in [6.45, 7) is 0. The Labute approximate surface area is 144 Å². The zero-order valence-electron chi connectivity index (χ0n) is 13.3. The summed E-state index contributed by atoms with van der Waals surface area (Å²) in [7, 11) is 2.79. The van der Waals surface area contributed by atoms with E-state index in [-0.39, 0.29) is 12.1 Å². The molecule has 1 heterocycles. The molecule has 126 valence electrons.